The van der Waals surface area contributed by atoms with Crippen LogP contribution in [-0.4, -0.2) is 32.4 Å². The van der Waals surface area contributed by atoms with Crippen molar-refractivity contribution in [1.29, 1.82) is 0 Å². The van der Waals surface area contributed by atoms with E-state index < -0.39 is 32.4 Å². The Balaban J connectivity index is -0.0000000192. The van der Waals surface area contributed by atoms with Crippen LogP contribution in [0.2, 0.25) is 0 Å². The molecule has 0 saturated heterocycles. The second-order valence-electron chi connectivity index (χ2n) is 0.481. The molecule has 0 spiro atoms. The van der Waals surface area contributed by atoms with Crippen molar-refractivity contribution in [2.75, 3.05) is 0 Å². The molecule has 16 heavy (non-hydrogen) atoms. The molecular weight excluding hydrogens is 271 g/mol. The molecule has 0 radical (unpaired) electrons. The van der Waals surface area contributed by atoms with Crippen molar-refractivity contribution >= 4 is 32.4 Å². The van der Waals surface area contributed by atoms with Gasteiger partial charge in [-0.3, -0.25) is 0 Å². The molecule has 0 fully saturated rings. The van der Waals surface area contributed by atoms with E-state index >= 15 is 0 Å². The van der Waals surface area contributed by atoms with Crippen LogP contribution in [0.3, 0.4) is 0 Å². The third-order valence-corrected chi connectivity index (χ3v) is 0. The summed E-state index contributed by atoms with van der Waals surface area (Å²) in [5.74, 6) is 0. The van der Waals surface area contributed by atoms with Gasteiger partial charge in [0.05, 0.1) is 0 Å². The fraction of sp³-hybridized carbons (Fsp3) is 0. The number of hydrogen-bond donors (Lipinski definition) is 0. The van der Waals surface area contributed by atoms with E-state index in [9.17, 15) is 0 Å². The fourth-order valence-corrected chi connectivity index (χ4v) is 0. The van der Waals surface area contributed by atoms with Gasteiger partial charge in [-0.1, -0.05) is 0 Å². The van der Waals surface area contributed by atoms with Crippen molar-refractivity contribution in [2.45, 2.75) is 0 Å². The van der Waals surface area contributed by atoms with E-state index in [0.29, 0.717) is 0 Å². The van der Waals surface area contributed by atoms with Crippen LogP contribution >= 0.6 is 0 Å². The molecule has 0 saturated carbocycles. The molecular formula is C5H5O10V. The fourth-order valence-electron chi connectivity index (χ4n) is 0. The molecule has 0 aliphatic rings. The molecule has 0 atom stereocenters. The molecule has 11 heteroatoms. The van der Waals surface area contributed by atoms with Gasteiger partial charge in [0, 0.05) is 32.4 Å². The van der Waals surface area contributed by atoms with Gasteiger partial charge in [0.25, 0.3) is 0 Å². The standard InChI is InChI=1S/5CH2O2.V/c5*2-1-3;/h5*1H,(H,2,3);/q;;;;;+5/p-5. The Morgan fingerprint density at radius 2 is 0.438 bits per heavy atom. The third-order valence-electron chi connectivity index (χ3n) is 0. The third kappa shape index (κ3) is 334. The zero-order valence-electron chi connectivity index (χ0n) is 7.42. The van der Waals surface area contributed by atoms with Gasteiger partial charge < -0.3 is 49.5 Å². The van der Waals surface area contributed by atoms with Crippen molar-refractivity contribution < 1.29 is 68.1 Å². The van der Waals surface area contributed by atoms with Crippen LogP contribution in [0.5, 0.6) is 0 Å². The van der Waals surface area contributed by atoms with Crippen molar-refractivity contribution in [3.63, 3.8) is 0 Å². The summed E-state index contributed by atoms with van der Waals surface area (Å²) in [4.78, 5) is 41.2. The summed E-state index contributed by atoms with van der Waals surface area (Å²) in [5, 5.41) is 41.2. The predicted molar refractivity (Wildman–Crippen MR) is 30.3 cm³/mol. The van der Waals surface area contributed by atoms with Crippen molar-refractivity contribution in [3.05, 3.63) is 0 Å². The largest absolute Gasteiger partial charge is 5.00 e. The van der Waals surface area contributed by atoms with Gasteiger partial charge >= 0.3 is 18.6 Å². The second kappa shape index (κ2) is 214. The number of carbonyl (C=O) groups excluding carboxylic acids is 5. The molecule has 10 nitrogen and oxygen atoms in total. The summed E-state index contributed by atoms with van der Waals surface area (Å²) in [6, 6.07) is 0. The molecule has 0 amide bonds. The maximum absolute atomic E-state index is 8.25. The molecule has 90 valence electrons. The number of rotatable bonds is 0. The van der Waals surface area contributed by atoms with Crippen molar-refractivity contribution in [1.82, 2.24) is 0 Å². The summed E-state index contributed by atoms with van der Waals surface area (Å²) in [7, 11) is 0. The van der Waals surface area contributed by atoms with Crippen LogP contribution < -0.4 is 25.5 Å². The average molecular weight is 276 g/mol. The number of carboxylic acid groups (broad SMARTS) is 5. The van der Waals surface area contributed by atoms with Crippen LogP contribution in [0.15, 0.2) is 0 Å². The van der Waals surface area contributed by atoms with Crippen molar-refractivity contribution in [3.8, 4) is 0 Å². The normalized spacial score (nSPS) is 3.75. The van der Waals surface area contributed by atoms with Gasteiger partial charge in [-0.15, -0.1) is 0 Å². The molecule has 0 N–H and O–H groups in total. The zero-order valence-corrected chi connectivity index (χ0v) is 8.81. The van der Waals surface area contributed by atoms with Gasteiger partial charge in [0.15, 0.2) is 0 Å². The topological polar surface area (TPSA) is 201 Å². The first-order valence-electron chi connectivity index (χ1n) is 2.36. The summed E-state index contributed by atoms with van der Waals surface area (Å²) < 4.78 is 0. The van der Waals surface area contributed by atoms with E-state index in [1.54, 1.807) is 0 Å². The van der Waals surface area contributed by atoms with Gasteiger partial charge in [-0.25, -0.2) is 0 Å². The molecule has 0 heterocycles. The zero-order chi connectivity index (χ0) is 13.5. The molecule has 0 bridgehead atoms. The minimum atomic E-state index is -0.500. The van der Waals surface area contributed by atoms with E-state index in [0.717, 1.165) is 0 Å². The Morgan fingerprint density at radius 1 is 0.438 bits per heavy atom. The Morgan fingerprint density at radius 3 is 0.438 bits per heavy atom. The van der Waals surface area contributed by atoms with Crippen LogP contribution in [0, 0.1) is 0 Å². The molecule has 0 aromatic rings. The predicted octanol–water partition coefficient (Wildman–Crippen LogP) is -8.17. The maximum Gasteiger partial charge on any atom is 5.00 e. The first-order valence-corrected chi connectivity index (χ1v) is 2.36. The SMILES string of the molecule is O=C[O-].O=C[O-].O=C[O-].O=C[O-].O=C[O-].[V+5]. The molecule has 0 rings (SSSR count). The van der Waals surface area contributed by atoms with E-state index in [1.165, 1.54) is 0 Å². The molecule has 0 aliphatic carbocycles. The quantitative estimate of drug-likeness (QED) is 0.382. The smallest absolute Gasteiger partial charge is 0.554 e. The number of hydrogen-bond acceptors (Lipinski definition) is 10. The summed E-state index contributed by atoms with van der Waals surface area (Å²) in [6.07, 6.45) is 0. The van der Waals surface area contributed by atoms with Gasteiger partial charge in [-0.2, -0.15) is 0 Å². The van der Waals surface area contributed by atoms with Gasteiger partial charge in [-0.05, 0) is 0 Å². The summed E-state index contributed by atoms with van der Waals surface area (Å²) >= 11 is 0. The maximum atomic E-state index is 8.25. The monoisotopic (exact) mass is 276 g/mol. The Kier molecular flexibility index (Phi) is 495. The summed E-state index contributed by atoms with van der Waals surface area (Å²) in [6.45, 7) is -2.50. The van der Waals surface area contributed by atoms with E-state index in [1.807, 2.05) is 0 Å². The van der Waals surface area contributed by atoms with Crippen LogP contribution in [0.4, 0.5) is 0 Å². The van der Waals surface area contributed by atoms with Gasteiger partial charge in [0.2, 0.25) is 0 Å². The van der Waals surface area contributed by atoms with E-state index in [4.69, 9.17) is 49.5 Å². The number of carbonyl (C=O) groups is 5. The van der Waals surface area contributed by atoms with Gasteiger partial charge in [0.1, 0.15) is 0 Å². The molecule has 0 aromatic carbocycles. The Bertz CT molecular complexity index is 91.5. The van der Waals surface area contributed by atoms with Crippen LogP contribution in [0.25, 0.3) is 0 Å². The van der Waals surface area contributed by atoms with E-state index in [2.05, 4.69) is 0 Å². The average Bonchev–Trinajstić information content (AvgIpc) is 2.09. The minimum Gasteiger partial charge on any atom is -0.554 e. The van der Waals surface area contributed by atoms with Crippen molar-refractivity contribution in [2.24, 2.45) is 0 Å². The second-order valence-corrected chi connectivity index (χ2v) is 0.481. The molecule has 0 aromatic heterocycles. The Labute approximate surface area is 101 Å². The van der Waals surface area contributed by atoms with Crippen LogP contribution in [0.1, 0.15) is 0 Å². The summed E-state index contributed by atoms with van der Waals surface area (Å²) in [5.41, 5.74) is 0. The molecule has 0 unspecified atom stereocenters. The van der Waals surface area contributed by atoms with E-state index in [-0.39, 0.29) is 18.6 Å². The Hall–Kier alpha value is -2.07. The van der Waals surface area contributed by atoms with Crippen LogP contribution in [-0.2, 0) is 42.5 Å². The first kappa shape index (κ1) is 37.0. The molecule has 0 aliphatic heterocycles. The first-order chi connectivity index (χ1) is 7.07. The minimum absolute atomic E-state index is 0.